The van der Waals surface area contributed by atoms with E-state index in [2.05, 4.69) is 49.2 Å². The summed E-state index contributed by atoms with van der Waals surface area (Å²) in [4.78, 5) is 15.1. The number of aromatic nitrogens is 3. The summed E-state index contributed by atoms with van der Waals surface area (Å²) in [6, 6.07) is 10.4. The maximum absolute atomic E-state index is 5.39. The van der Waals surface area contributed by atoms with E-state index in [4.69, 9.17) is 9.26 Å². The van der Waals surface area contributed by atoms with Gasteiger partial charge in [-0.3, -0.25) is 4.90 Å². The van der Waals surface area contributed by atoms with Gasteiger partial charge in [0.25, 0.3) is 0 Å². The highest BCUT2D eigenvalue weighted by Gasteiger charge is 2.20. The summed E-state index contributed by atoms with van der Waals surface area (Å²) in [6.07, 6.45) is 2.91. The minimum atomic E-state index is -0.152. The van der Waals surface area contributed by atoms with Crippen LogP contribution in [0, 0.1) is 0 Å². The highest BCUT2D eigenvalue weighted by atomic mass is 32.1. The number of thiazole rings is 1. The maximum Gasteiger partial charge on any atom is 0.240 e. The first-order valence-electron chi connectivity index (χ1n) is 9.57. The van der Waals surface area contributed by atoms with Gasteiger partial charge in [0.1, 0.15) is 6.10 Å². The fourth-order valence-corrected chi connectivity index (χ4v) is 4.23. The van der Waals surface area contributed by atoms with Crippen LogP contribution in [0.25, 0.3) is 10.4 Å². The lowest BCUT2D eigenvalue weighted by Gasteiger charge is -2.20. The molecule has 1 aliphatic heterocycles. The zero-order valence-corrected chi connectivity index (χ0v) is 17.1. The SMILES string of the molecule is COC(C)c1noc(CN2CCCN(c3ncc(-c4ccccc4)s3)CC2)n1. The lowest BCUT2D eigenvalue weighted by atomic mass is 10.2. The van der Waals surface area contributed by atoms with Gasteiger partial charge in [-0.2, -0.15) is 4.98 Å². The van der Waals surface area contributed by atoms with E-state index >= 15 is 0 Å². The maximum atomic E-state index is 5.39. The number of benzene rings is 1. The van der Waals surface area contributed by atoms with E-state index in [1.807, 2.05) is 19.2 Å². The summed E-state index contributed by atoms with van der Waals surface area (Å²) in [5, 5.41) is 5.11. The molecule has 7 nitrogen and oxygen atoms in total. The molecule has 0 radical (unpaired) electrons. The quantitative estimate of drug-likeness (QED) is 0.627. The smallest absolute Gasteiger partial charge is 0.240 e. The molecule has 28 heavy (non-hydrogen) atoms. The summed E-state index contributed by atoms with van der Waals surface area (Å²) in [5.41, 5.74) is 1.22. The first kappa shape index (κ1) is 19.0. The molecule has 1 aliphatic rings. The van der Waals surface area contributed by atoms with Crippen molar-refractivity contribution in [1.29, 1.82) is 0 Å². The van der Waals surface area contributed by atoms with Gasteiger partial charge in [-0.15, -0.1) is 0 Å². The van der Waals surface area contributed by atoms with Crippen LogP contribution in [0.4, 0.5) is 5.13 Å². The Hall–Kier alpha value is -2.29. The van der Waals surface area contributed by atoms with Crippen molar-refractivity contribution in [3.05, 3.63) is 48.2 Å². The third kappa shape index (κ3) is 4.40. The fraction of sp³-hybridized carbons (Fsp3) is 0.450. The molecule has 0 amide bonds. The van der Waals surface area contributed by atoms with E-state index in [9.17, 15) is 0 Å². The van der Waals surface area contributed by atoms with E-state index in [1.54, 1.807) is 18.4 Å². The molecule has 1 saturated heterocycles. The molecule has 1 fully saturated rings. The van der Waals surface area contributed by atoms with Crippen LogP contribution >= 0.6 is 11.3 Å². The minimum Gasteiger partial charge on any atom is -0.374 e. The van der Waals surface area contributed by atoms with Crippen LogP contribution < -0.4 is 4.90 Å². The lowest BCUT2D eigenvalue weighted by molar-refractivity contribution is 0.109. The second kappa shape index (κ2) is 8.81. The highest BCUT2D eigenvalue weighted by molar-refractivity contribution is 7.18. The molecule has 0 bridgehead atoms. The largest absolute Gasteiger partial charge is 0.374 e. The van der Waals surface area contributed by atoms with Crippen LogP contribution in [0.5, 0.6) is 0 Å². The molecule has 4 rings (SSSR count). The summed E-state index contributed by atoms with van der Waals surface area (Å²) in [5.74, 6) is 1.25. The summed E-state index contributed by atoms with van der Waals surface area (Å²) >= 11 is 1.76. The first-order chi connectivity index (χ1) is 13.7. The van der Waals surface area contributed by atoms with Gasteiger partial charge in [-0.05, 0) is 18.9 Å². The van der Waals surface area contributed by atoms with Crippen molar-refractivity contribution >= 4 is 16.5 Å². The van der Waals surface area contributed by atoms with Gasteiger partial charge in [-0.25, -0.2) is 4.98 Å². The normalized spacial score (nSPS) is 16.9. The average molecular weight is 400 g/mol. The standard InChI is InChI=1S/C20H25N5O2S/c1-15(26-2)19-22-18(27-23-19)14-24-9-6-10-25(12-11-24)20-21-13-17(28-20)16-7-4-3-5-8-16/h3-5,7-8,13,15H,6,9-12,14H2,1-2H3. The van der Waals surface area contributed by atoms with Gasteiger partial charge in [-0.1, -0.05) is 46.8 Å². The molecule has 0 aliphatic carbocycles. The highest BCUT2D eigenvalue weighted by Crippen LogP contribution is 2.31. The zero-order chi connectivity index (χ0) is 19.3. The Morgan fingerprint density at radius 3 is 2.86 bits per heavy atom. The molecule has 0 N–H and O–H groups in total. The Kier molecular flexibility index (Phi) is 5.99. The van der Waals surface area contributed by atoms with Crippen molar-refractivity contribution in [3.8, 4) is 10.4 Å². The molecule has 1 aromatic carbocycles. The van der Waals surface area contributed by atoms with Gasteiger partial charge in [0.2, 0.25) is 5.89 Å². The predicted octanol–water partition coefficient (Wildman–Crippen LogP) is 3.61. The summed E-state index contributed by atoms with van der Waals surface area (Å²) in [7, 11) is 1.64. The number of rotatable bonds is 6. The number of ether oxygens (including phenoxy) is 1. The van der Waals surface area contributed by atoms with Crippen LogP contribution in [0.2, 0.25) is 0 Å². The van der Waals surface area contributed by atoms with Crippen LogP contribution in [0.1, 0.15) is 31.2 Å². The lowest BCUT2D eigenvalue weighted by Crippen LogP contribution is -2.30. The molecule has 2 aromatic heterocycles. The number of nitrogens with zero attached hydrogens (tertiary/aromatic N) is 5. The molecular weight excluding hydrogens is 374 g/mol. The zero-order valence-electron chi connectivity index (χ0n) is 16.2. The molecular formula is C20H25N5O2S. The second-order valence-corrected chi connectivity index (χ2v) is 7.92. The molecule has 1 unspecified atom stereocenters. The van der Waals surface area contributed by atoms with Crippen LogP contribution in [-0.4, -0.2) is 53.3 Å². The predicted molar refractivity (Wildman–Crippen MR) is 109 cm³/mol. The summed E-state index contributed by atoms with van der Waals surface area (Å²) < 4.78 is 10.6. The van der Waals surface area contributed by atoms with Gasteiger partial charge in [0.15, 0.2) is 11.0 Å². The van der Waals surface area contributed by atoms with Crippen molar-refractivity contribution in [2.45, 2.75) is 26.0 Å². The van der Waals surface area contributed by atoms with Crippen molar-refractivity contribution in [3.63, 3.8) is 0 Å². The van der Waals surface area contributed by atoms with Crippen molar-refractivity contribution in [2.24, 2.45) is 0 Å². The Bertz CT molecular complexity index is 882. The molecule has 8 heteroatoms. The second-order valence-electron chi connectivity index (χ2n) is 6.91. The topological polar surface area (TPSA) is 67.5 Å². The number of methoxy groups -OCH3 is 1. The monoisotopic (exact) mass is 399 g/mol. The van der Waals surface area contributed by atoms with Crippen LogP contribution in [0.15, 0.2) is 41.1 Å². The Labute approximate surface area is 169 Å². The van der Waals surface area contributed by atoms with Gasteiger partial charge in [0, 0.05) is 39.5 Å². The van der Waals surface area contributed by atoms with Crippen molar-refractivity contribution < 1.29 is 9.26 Å². The molecule has 0 saturated carbocycles. The van der Waals surface area contributed by atoms with Crippen LogP contribution in [-0.2, 0) is 11.3 Å². The Morgan fingerprint density at radius 2 is 2.04 bits per heavy atom. The number of anilines is 1. The number of hydrogen-bond acceptors (Lipinski definition) is 8. The first-order valence-corrected chi connectivity index (χ1v) is 10.4. The van der Waals surface area contributed by atoms with Gasteiger partial charge in [0.05, 0.1) is 11.4 Å². The Balaban J connectivity index is 1.36. The van der Waals surface area contributed by atoms with E-state index in [0.29, 0.717) is 18.3 Å². The van der Waals surface area contributed by atoms with Crippen molar-refractivity contribution in [2.75, 3.05) is 38.2 Å². The van der Waals surface area contributed by atoms with E-state index in [1.165, 1.54) is 10.4 Å². The van der Waals surface area contributed by atoms with Gasteiger partial charge >= 0.3 is 0 Å². The minimum absolute atomic E-state index is 0.152. The molecule has 0 spiro atoms. The number of hydrogen-bond donors (Lipinski definition) is 0. The molecule has 3 heterocycles. The molecule has 1 atom stereocenters. The van der Waals surface area contributed by atoms with Gasteiger partial charge < -0.3 is 14.2 Å². The molecule has 148 valence electrons. The summed E-state index contributed by atoms with van der Waals surface area (Å²) in [6.45, 7) is 6.48. The van der Waals surface area contributed by atoms with E-state index < -0.39 is 0 Å². The van der Waals surface area contributed by atoms with Crippen molar-refractivity contribution in [1.82, 2.24) is 20.0 Å². The fourth-order valence-electron chi connectivity index (χ4n) is 3.26. The third-order valence-corrected chi connectivity index (χ3v) is 6.08. The third-order valence-electron chi connectivity index (χ3n) is 4.97. The average Bonchev–Trinajstić information content (AvgIpc) is 3.35. The Morgan fingerprint density at radius 1 is 1.18 bits per heavy atom. The van der Waals surface area contributed by atoms with E-state index in [-0.39, 0.29) is 6.10 Å². The van der Waals surface area contributed by atoms with E-state index in [0.717, 1.165) is 37.7 Å². The van der Waals surface area contributed by atoms with Crippen LogP contribution in [0.3, 0.4) is 0 Å². The molecule has 3 aromatic rings.